The van der Waals surface area contributed by atoms with Crippen LogP contribution in [0.5, 0.6) is 0 Å². The van der Waals surface area contributed by atoms with Crippen molar-refractivity contribution in [3.63, 3.8) is 0 Å². The van der Waals surface area contributed by atoms with E-state index in [1.54, 1.807) is 0 Å². The molecule has 0 spiro atoms. The smallest absolute Gasteiger partial charge is 0.466 e. The van der Waals surface area contributed by atoms with Crippen molar-refractivity contribution in [3.05, 3.63) is 59.1 Å². The Morgan fingerprint density at radius 2 is 1.22 bits per heavy atom. The van der Waals surface area contributed by atoms with E-state index in [2.05, 4.69) is 58.1 Å². The lowest BCUT2D eigenvalue weighted by Gasteiger charge is -2.24. The van der Waals surface area contributed by atoms with Crippen LogP contribution in [-0.4, -0.2) is 87.1 Å². The van der Waals surface area contributed by atoms with Gasteiger partial charge in [0.25, 0.3) is 0 Å². The number of aryl methyl sites for hydroxylation is 2. The van der Waals surface area contributed by atoms with Crippen LogP contribution in [0.2, 0.25) is 0 Å². The highest BCUT2D eigenvalue weighted by Crippen LogP contribution is 2.43. The topological polar surface area (TPSA) is 134 Å². The fourth-order valence-corrected chi connectivity index (χ4v) is 8.20. The quantitative estimate of drug-likeness (QED) is 0.0169. The van der Waals surface area contributed by atoms with E-state index in [9.17, 15) is 19.0 Å². The van der Waals surface area contributed by atoms with Gasteiger partial charge in [0.05, 0.1) is 40.0 Å². The number of allylic oxidation sites excluding steroid dienone is 5. The zero-order valence-corrected chi connectivity index (χ0v) is 42.3. The molecule has 1 fully saturated rings. The first-order chi connectivity index (χ1) is 30.7. The molecule has 2 heterocycles. The van der Waals surface area contributed by atoms with Crippen molar-refractivity contribution < 1.29 is 51.2 Å². The summed E-state index contributed by atoms with van der Waals surface area (Å²) in [4.78, 5) is 35.6. The number of phosphoric acid groups is 1. The number of quaternary nitrogens is 1. The molecular formula is C52H91NO10P+. The van der Waals surface area contributed by atoms with E-state index in [1.165, 1.54) is 106 Å². The fraction of sp³-hybridized carbons (Fsp3) is 0.769. The molecule has 64 heavy (non-hydrogen) atoms. The number of furan rings is 1. The predicted octanol–water partition coefficient (Wildman–Crippen LogP) is 13.1. The zero-order valence-electron chi connectivity index (χ0n) is 41.4. The van der Waals surface area contributed by atoms with E-state index in [0.29, 0.717) is 42.5 Å². The summed E-state index contributed by atoms with van der Waals surface area (Å²) in [5, 5.41) is 0. The summed E-state index contributed by atoms with van der Waals surface area (Å²) in [6, 6.07) is 0. The highest BCUT2D eigenvalue weighted by atomic mass is 31.2. The molecule has 0 aromatic carbocycles. The summed E-state index contributed by atoms with van der Waals surface area (Å²) in [5.74, 6) is 1.49. The summed E-state index contributed by atoms with van der Waals surface area (Å²) in [5.41, 5.74) is 2.69. The normalized spacial score (nSPS) is 16.9. The van der Waals surface area contributed by atoms with Crippen molar-refractivity contribution >= 4 is 19.8 Å². The Kier molecular flexibility index (Phi) is 31.3. The summed E-state index contributed by atoms with van der Waals surface area (Å²) in [6.45, 7) is 8.68. The van der Waals surface area contributed by atoms with E-state index < -0.39 is 32.5 Å². The molecule has 4 atom stereocenters. The molecular weight excluding hydrogens is 830 g/mol. The van der Waals surface area contributed by atoms with Gasteiger partial charge in [0.15, 0.2) is 6.10 Å². The average molecular weight is 921 g/mol. The minimum absolute atomic E-state index is 0.0135. The molecule has 368 valence electrons. The molecule has 0 amide bonds. The molecule has 1 aromatic heterocycles. The molecule has 1 aromatic rings. The second-order valence-corrected chi connectivity index (χ2v) is 20.3. The summed E-state index contributed by atoms with van der Waals surface area (Å²) < 4.78 is 46.4. The molecule has 2 rings (SSSR count). The third kappa shape index (κ3) is 29.9. The molecule has 1 aliphatic heterocycles. The number of carbonyl (C=O) groups excluding carboxylic acids is 2. The Balaban J connectivity index is 1.60. The summed E-state index contributed by atoms with van der Waals surface area (Å²) in [6.07, 6.45) is 39.0. The van der Waals surface area contributed by atoms with Crippen molar-refractivity contribution in [2.45, 2.75) is 213 Å². The van der Waals surface area contributed by atoms with Gasteiger partial charge >= 0.3 is 19.8 Å². The molecule has 1 aliphatic rings. The number of hydrogen-bond donors (Lipinski definition) is 1. The number of rotatable bonds is 41. The minimum Gasteiger partial charge on any atom is -0.466 e. The second kappa shape index (κ2) is 34.7. The average Bonchev–Trinajstić information content (AvgIpc) is 3.94. The number of epoxide rings is 1. The fourth-order valence-electron chi connectivity index (χ4n) is 7.46. The first-order valence-corrected chi connectivity index (χ1v) is 26.7. The lowest BCUT2D eigenvalue weighted by Crippen LogP contribution is -2.37. The maximum absolute atomic E-state index is 12.7. The monoisotopic (exact) mass is 921 g/mol. The standard InChI is InChI=1S/C52H90NO10P/c1-8-10-28-34-47-44(3)45(4)48(62-47)35-30-24-20-16-12-14-18-22-26-32-38-51(54)58-42-46(43-60-64(56,57)59-41-40-53(5,6)7)61-52(55)39-33-27-23-19-15-13-17-21-25-31-37-50-49(63-50)36-29-11-9-2/h13,17,19,23,25,31,46,49-50H,8-12,14-16,18,20-22,24,26-30,32-43H2,1-7H3/p+1/b17-13-,23-19-,31-25-/t46-,49?,50?/m1/s1. The van der Waals surface area contributed by atoms with Crippen LogP contribution in [0.3, 0.4) is 0 Å². The molecule has 0 bridgehead atoms. The molecule has 0 radical (unpaired) electrons. The molecule has 3 unspecified atom stereocenters. The lowest BCUT2D eigenvalue weighted by atomic mass is 10.0. The summed E-state index contributed by atoms with van der Waals surface area (Å²) in [7, 11) is 1.42. The maximum Gasteiger partial charge on any atom is 0.472 e. The van der Waals surface area contributed by atoms with Crippen LogP contribution in [0.25, 0.3) is 0 Å². The van der Waals surface area contributed by atoms with Crippen molar-refractivity contribution in [3.8, 4) is 0 Å². The van der Waals surface area contributed by atoms with Gasteiger partial charge in [-0.1, -0.05) is 134 Å². The zero-order chi connectivity index (χ0) is 46.9. The third-order valence-electron chi connectivity index (χ3n) is 11.8. The highest BCUT2D eigenvalue weighted by Gasteiger charge is 2.36. The Bertz CT molecular complexity index is 1530. The van der Waals surface area contributed by atoms with E-state index in [0.717, 1.165) is 51.4 Å². The Labute approximate surface area is 389 Å². The van der Waals surface area contributed by atoms with Gasteiger partial charge in [0.1, 0.15) is 31.3 Å². The largest absolute Gasteiger partial charge is 0.472 e. The van der Waals surface area contributed by atoms with Crippen LogP contribution in [0.4, 0.5) is 0 Å². The molecule has 1 saturated heterocycles. The van der Waals surface area contributed by atoms with Gasteiger partial charge < -0.3 is 28.0 Å². The number of likely N-dealkylation sites (N-methyl/N-ethyl adjacent to an activating group) is 1. The van der Waals surface area contributed by atoms with Crippen LogP contribution < -0.4 is 0 Å². The SMILES string of the molecule is CCCCCc1oc(CCCCCCCCCCCCC(=O)OC[C@H](COP(=O)(O)OCC[N+](C)(C)C)OC(=O)CCC/C=C\C/C=C\C/C=C\CC2OC2CCCCC)c(C)c1C. The molecule has 12 heteroatoms. The van der Waals surface area contributed by atoms with E-state index in [4.69, 9.17) is 27.7 Å². The number of nitrogens with zero attached hydrogens (tertiary/aromatic N) is 1. The first-order valence-electron chi connectivity index (χ1n) is 25.2. The number of ether oxygens (including phenoxy) is 3. The van der Waals surface area contributed by atoms with Gasteiger partial charge in [-0.3, -0.25) is 18.6 Å². The van der Waals surface area contributed by atoms with Gasteiger partial charge in [0, 0.05) is 25.7 Å². The minimum atomic E-state index is -4.41. The number of carbonyl (C=O) groups is 2. The predicted molar refractivity (Wildman–Crippen MR) is 259 cm³/mol. The van der Waals surface area contributed by atoms with Gasteiger partial charge in [-0.2, -0.15) is 0 Å². The third-order valence-corrected chi connectivity index (χ3v) is 12.8. The molecule has 11 nitrogen and oxygen atoms in total. The Hall–Kier alpha value is -2.53. The number of unbranched alkanes of at least 4 members (excludes halogenated alkanes) is 14. The highest BCUT2D eigenvalue weighted by molar-refractivity contribution is 7.47. The maximum atomic E-state index is 12.7. The van der Waals surface area contributed by atoms with Crippen LogP contribution in [0.1, 0.15) is 191 Å². The lowest BCUT2D eigenvalue weighted by molar-refractivity contribution is -0.870. The first kappa shape index (κ1) is 57.6. The van der Waals surface area contributed by atoms with Crippen LogP contribution >= 0.6 is 7.82 Å². The van der Waals surface area contributed by atoms with Gasteiger partial charge in [-0.15, -0.1) is 0 Å². The van der Waals surface area contributed by atoms with Crippen LogP contribution in [0.15, 0.2) is 40.9 Å². The van der Waals surface area contributed by atoms with Crippen molar-refractivity contribution in [2.24, 2.45) is 0 Å². The molecule has 1 N–H and O–H groups in total. The Morgan fingerprint density at radius 1 is 0.672 bits per heavy atom. The van der Waals surface area contributed by atoms with Crippen LogP contribution in [0, 0.1) is 13.8 Å². The summed E-state index contributed by atoms with van der Waals surface area (Å²) >= 11 is 0. The van der Waals surface area contributed by atoms with Gasteiger partial charge in [-0.25, -0.2) is 4.57 Å². The number of hydrogen-bond acceptors (Lipinski definition) is 9. The van der Waals surface area contributed by atoms with Crippen molar-refractivity contribution in [1.82, 2.24) is 0 Å². The van der Waals surface area contributed by atoms with E-state index in [-0.39, 0.29) is 26.1 Å². The number of phosphoric ester groups is 1. The Morgan fingerprint density at radius 3 is 1.84 bits per heavy atom. The van der Waals surface area contributed by atoms with Crippen molar-refractivity contribution in [2.75, 3.05) is 47.5 Å². The molecule has 0 saturated carbocycles. The van der Waals surface area contributed by atoms with Crippen molar-refractivity contribution in [1.29, 1.82) is 0 Å². The van der Waals surface area contributed by atoms with E-state index >= 15 is 0 Å². The number of esters is 2. The van der Waals surface area contributed by atoms with Gasteiger partial charge in [0.2, 0.25) is 0 Å². The second-order valence-electron chi connectivity index (χ2n) is 18.8. The molecule has 0 aliphatic carbocycles. The van der Waals surface area contributed by atoms with E-state index in [1.807, 2.05) is 27.2 Å². The van der Waals surface area contributed by atoms with Crippen LogP contribution in [-0.2, 0) is 50.3 Å². The van der Waals surface area contributed by atoms with Gasteiger partial charge in [-0.05, 0) is 82.8 Å².